The van der Waals surface area contributed by atoms with Gasteiger partial charge < -0.3 is 15.7 Å². The molecule has 0 aliphatic carbocycles. The maximum atomic E-state index is 8.87. The molecule has 1 heterocycles. The fraction of sp³-hybridized carbons (Fsp3) is 0.200. The molecule has 0 saturated carbocycles. The van der Waals surface area contributed by atoms with Gasteiger partial charge in [-0.25, -0.2) is 4.98 Å². The predicted octanol–water partition coefficient (Wildman–Crippen LogP) is 2.62. The maximum Gasteiger partial charge on any atom is 0.225 e. The Hall–Kier alpha value is -2.56. The summed E-state index contributed by atoms with van der Waals surface area (Å²) >= 11 is 0. The molecule has 5 nitrogen and oxygen atoms in total. The van der Waals surface area contributed by atoms with Crippen LogP contribution in [-0.4, -0.2) is 16.0 Å². The Bertz CT molecular complexity index is 612. The Morgan fingerprint density at radius 3 is 2.65 bits per heavy atom. The van der Waals surface area contributed by atoms with Crippen molar-refractivity contribution in [2.24, 2.45) is 10.9 Å². The highest BCUT2D eigenvalue weighted by molar-refractivity contribution is 6.00. The zero-order valence-corrected chi connectivity index (χ0v) is 11.4. The van der Waals surface area contributed by atoms with Gasteiger partial charge in [-0.1, -0.05) is 35.5 Å². The van der Waals surface area contributed by atoms with Crippen LogP contribution in [0.2, 0.25) is 0 Å². The number of hydrogen-bond donors (Lipinski definition) is 2. The van der Waals surface area contributed by atoms with Crippen LogP contribution in [0.25, 0.3) is 0 Å². The monoisotopic (exact) mass is 271 g/mol. The van der Waals surface area contributed by atoms with Gasteiger partial charge in [-0.15, -0.1) is 0 Å². The van der Waals surface area contributed by atoms with Crippen molar-refractivity contribution in [2.45, 2.75) is 20.0 Å². The third-order valence-corrected chi connectivity index (χ3v) is 3.05. The summed E-state index contributed by atoms with van der Waals surface area (Å²) in [6, 6.07) is 11.6. The SMILES string of the molecule is Cc1ccnc(OC(C)c2ccccc2)c1/C(N)=N/O. The van der Waals surface area contributed by atoms with Crippen molar-refractivity contribution in [1.82, 2.24) is 4.98 Å². The molecule has 0 spiro atoms. The lowest BCUT2D eigenvalue weighted by atomic mass is 10.1. The largest absolute Gasteiger partial charge is 0.469 e. The first-order valence-corrected chi connectivity index (χ1v) is 6.28. The summed E-state index contributed by atoms with van der Waals surface area (Å²) in [6.07, 6.45) is 1.45. The molecule has 3 N–H and O–H groups in total. The topological polar surface area (TPSA) is 80.7 Å². The van der Waals surface area contributed by atoms with E-state index in [1.165, 1.54) is 0 Å². The van der Waals surface area contributed by atoms with Gasteiger partial charge in [0, 0.05) is 6.20 Å². The van der Waals surface area contributed by atoms with Crippen LogP contribution in [0, 0.1) is 6.92 Å². The molecule has 5 heteroatoms. The Morgan fingerprint density at radius 2 is 2.00 bits per heavy atom. The van der Waals surface area contributed by atoms with Crippen molar-refractivity contribution in [3.63, 3.8) is 0 Å². The summed E-state index contributed by atoms with van der Waals surface area (Å²) in [5.41, 5.74) is 8.07. The number of aromatic nitrogens is 1. The number of aryl methyl sites for hydroxylation is 1. The van der Waals surface area contributed by atoms with E-state index in [1.54, 1.807) is 12.3 Å². The van der Waals surface area contributed by atoms with E-state index in [4.69, 9.17) is 15.7 Å². The van der Waals surface area contributed by atoms with E-state index >= 15 is 0 Å². The minimum Gasteiger partial charge on any atom is -0.469 e. The van der Waals surface area contributed by atoms with E-state index in [1.807, 2.05) is 44.2 Å². The number of amidine groups is 1. The third-order valence-electron chi connectivity index (χ3n) is 3.05. The zero-order chi connectivity index (χ0) is 14.5. The van der Waals surface area contributed by atoms with Crippen LogP contribution in [0.5, 0.6) is 5.88 Å². The lowest BCUT2D eigenvalue weighted by Gasteiger charge is -2.17. The van der Waals surface area contributed by atoms with Crippen LogP contribution < -0.4 is 10.5 Å². The van der Waals surface area contributed by atoms with Gasteiger partial charge in [0.05, 0.1) is 5.56 Å². The van der Waals surface area contributed by atoms with Crippen LogP contribution in [0.15, 0.2) is 47.8 Å². The van der Waals surface area contributed by atoms with Crippen molar-refractivity contribution in [1.29, 1.82) is 0 Å². The first-order chi connectivity index (χ1) is 9.63. The van der Waals surface area contributed by atoms with Gasteiger partial charge in [0.2, 0.25) is 5.88 Å². The predicted molar refractivity (Wildman–Crippen MR) is 77.0 cm³/mol. The van der Waals surface area contributed by atoms with Gasteiger partial charge in [-0.2, -0.15) is 0 Å². The lowest BCUT2D eigenvalue weighted by molar-refractivity contribution is 0.216. The highest BCUT2D eigenvalue weighted by Gasteiger charge is 2.16. The Morgan fingerprint density at radius 1 is 1.30 bits per heavy atom. The minimum atomic E-state index is -0.184. The normalized spacial score (nSPS) is 13.0. The minimum absolute atomic E-state index is 0.00846. The van der Waals surface area contributed by atoms with E-state index in [2.05, 4.69) is 10.1 Å². The molecular weight excluding hydrogens is 254 g/mol. The molecule has 0 radical (unpaired) electrons. The molecule has 1 aromatic carbocycles. The van der Waals surface area contributed by atoms with Gasteiger partial charge in [-0.3, -0.25) is 0 Å². The summed E-state index contributed by atoms with van der Waals surface area (Å²) < 4.78 is 5.85. The second-order valence-corrected chi connectivity index (χ2v) is 4.46. The molecule has 0 amide bonds. The number of rotatable bonds is 4. The van der Waals surface area contributed by atoms with Crippen molar-refractivity contribution >= 4 is 5.84 Å². The van der Waals surface area contributed by atoms with E-state index in [-0.39, 0.29) is 11.9 Å². The smallest absolute Gasteiger partial charge is 0.225 e. The number of benzene rings is 1. The zero-order valence-electron chi connectivity index (χ0n) is 11.4. The van der Waals surface area contributed by atoms with Crippen molar-refractivity contribution < 1.29 is 9.94 Å². The number of hydrogen-bond acceptors (Lipinski definition) is 4. The second kappa shape index (κ2) is 6.06. The van der Waals surface area contributed by atoms with Crippen molar-refractivity contribution in [3.05, 3.63) is 59.3 Å². The van der Waals surface area contributed by atoms with Crippen molar-refractivity contribution in [3.8, 4) is 5.88 Å². The van der Waals surface area contributed by atoms with Gasteiger partial charge in [-0.05, 0) is 31.0 Å². The first kappa shape index (κ1) is 13.9. The maximum absolute atomic E-state index is 8.87. The average Bonchev–Trinajstić information content (AvgIpc) is 2.47. The molecule has 0 fully saturated rings. The number of oxime groups is 1. The summed E-state index contributed by atoms with van der Waals surface area (Å²) in [6.45, 7) is 3.78. The molecule has 1 aromatic heterocycles. The summed E-state index contributed by atoms with van der Waals surface area (Å²) in [5.74, 6) is 0.350. The molecule has 2 rings (SSSR count). The molecular formula is C15H17N3O2. The molecule has 0 aliphatic rings. The quantitative estimate of drug-likeness (QED) is 0.387. The first-order valence-electron chi connectivity index (χ1n) is 6.28. The lowest BCUT2D eigenvalue weighted by Crippen LogP contribution is -2.18. The van der Waals surface area contributed by atoms with Crippen LogP contribution in [0.4, 0.5) is 0 Å². The Balaban J connectivity index is 2.32. The van der Waals surface area contributed by atoms with E-state index in [0.717, 1.165) is 11.1 Å². The summed E-state index contributed by atoms with van der Waals surface area (Å²) in [4.78, 5) is 4.18. The fourth-order valence-corrected chi connectivity index (χ4v) is 1.94. The molecule has 0 aliphatic heterocycles. The molecule has 0 bridgehead atoms. The summed E-state index contributed by atoms with van der Waals surface area (Å²) in [5, 5.41) is 11.9. The highest BCUT2D eigenvalue weighted by atomic mass is 16.5. The van der Waals surface area contributed by atoms with Gasteiger partial charge in [0.25, 0.3) is 0 Å². The Labute approximate surface area is 117 Å². The second-order valence-electron chi connectivity index (χ2n) is 4.46. The van der Waals surface area contributed by atoms with Crippen LogP contribution in [0.3, 0.4) is 0 Å². The van der Waals surface area contributed by atoms with Crippen LogP contribution in [0.1, 0.15) is 29.7 Å². The van der Waals surface area contributed by atoms with Crippen molar-refractivity contribution in [2.75, 3.05) is 0 Å². The summed E-state index contributed by atoms with van der Waals surface area (Å²) in [7, 11) is 0. The van der Waals surface area contributed by atoms with Gasteiger partial charge >= 0.3 is 0 Å². The van der Waals surface area contributed by atoms with E-state index < -0.39 is 0 Å². The highest BCUT2D eigenvalue weighted by Crippen LogP contribution is 2.24. The molecule has 104 valence electrons. The molecule has 20 heavy (non-hydrogen) atoms. The molecule has 1 unspecified atom stereocenters. The fourth-order valence-electron chi connectivity index (χ4n) is 1.94. The molecule has 1 atom stereocenters. The van der Waals surface area contributed by atoms with Crippen LogP contribution >= 0.6 is 0 Å². The van der Waals surface area contributed by atoms with E-state index in [9.17, 15) is 0 Å². The molecule has 2 aromatic rings. The van der Waals surface area contributed by atoms with E-state index in [0.29, 0.717) is 11.4 Å². The molecule has 0 saturated heterocycles. The Kier molecular flexibility index (Phi) is 4.20. The number of nitrogens with two attached hydrogens (primary N) is 1. The standard InChI is InChI=1S/C15H17N3O2/c1-10-8-9-17-15(13(10)14(16)18-19)20-11(2)12-6-4-3-5-7-12/h3-9,11,19H,1-2H3,(H2,16,18). The number of ether oxygens (including phenoxy) is 1. The third kappa shape index (κ3) is 2.88. The number of nitrogens with zero attached hydrogens (tertiary/aromatic N) is 2. The van der Waals surface area contributed by atoms with Crippen LogP contribution in [-0.2, 0) is 0 Å². The average molecular weight is 271 g/mol. The van der Waals surface area contributed by atoms with Gasteiger partial charge in [0.1, 0.15) is 6.10 Å². The number of pyridine rings is 1. The van der Waals surface area contributed by atoms with Gasteiger partial charge in [0.15, 0.2) is 5.84 Å².